The highest BCUT2D eigenvalue weighted by Gasteiger charge is 1.98. The van der Waals surface area contributed by atoms with Gasteiger partial charge in [-0.1, -0.05) is 42.0 Å². The van der Waals surface area contributed by atoms with Crippen LogP contribution in [-0.4, -0.2) is 14.8 Å². The van der Waals surface area contributed by atoms with Crippen molar-refractivity contribution in [2.75, 3.05) is 5.32 Å². The van der Waals surface area contributed by atoms with Crippen LogP contribution in [0.25, 0.3) is 0 Å². The number of nitrogens with zero attached hydrogens (tertiary/aromatic N) is 3. The second-order valence-electron chi connectivity index (χ2n) is 5.13. The van der Waals surface area contributed by atoms with Crippen LogP contribution in [0.1, 0.15) is 16.7 Å². The molecule has 2 aromatic carbocycles. The normalized spacial score (nSPS) is 10.5. The van der Waals surface area contributed by atoms with E-state index in [9.17, 15) is 0 Å². The molecule has 0 atom stereocenters. The molecular formula is C17H18N4. The third-order valence-electron chi connectivity index (χ3n) is 3.34. The molecule has 3 rings (SSSR count). The van der Waals surface area contributed by atoms with Gasteiger partial charge < -0.3 is 5.32 Å². The van der Waals surface area contributed by atoms with E-state index in [-0.39, 0.29) is 0 Å². The summed E-state index contributed by atoms with van der Waals surface area (Å²) in [6.45, 7) is 3.70. The number of hydrogen-bond donors (Lipinski definition) is 1. The Morgan fingerprint density at radius 3 is 2.62 bits per heavy atom. The number of benzene rings is 2. The maximum atomic E-state index is 4.11. The Morgan fingerprint density at radius 2 is 1.90 bits per heavy atom. The SMILES string of the molecule is Cc1cccc(CNc2ccc(Cn3cncn3)cc2)c1. The van der Waals surface area contributed by atoms with E-state index in [1.165, 1.54) is 16.7 Å². The average Bonchev–Trinajstić information content (AvgIpc) is 3.00. The lowest BCUT2D eigenvalue weighted by Gasteiger charge is -2.08. The summed E-state index contributed by atoms with van der Waals surface area (Å²) in [6, 6.07) is 17.0. The fourth-order valence-corrected chi connectivity index (χ4v) is 2.26. The highest BCUT2D eigenvalue weighted by Crippen LogP contribution is 2.12. The van der Waals surface area contributed by atoms with E-state index in [0.717, 1.165) is 18.8 Å². The molecule has 21 heavy (non-hydrogen) atoms. The molecule has 0 spiro atoms. The molecule has 0 unspecified atom stereocenters. The zero-order valence-electron chi connectivity index (χ0n) is 12.0. The Morgan fingerprint density at radius 1 is 1.05 bits per heavy atom. The fourth-order valence-electron chi connectivity index (χ4n) is 2.26. The summed E-state index contributed by atoms with van der Waals surface area (Å²) in [5.74, 6) is 0. The van der Waals surface area contributed by atoms with Gasteiger partial charge in [0.2, 0.25) is 0 Å². The average molecular weight is 278 g/mol. The van der Waals surface area contributed by atoms with Crippen molar-refractivity contribution >= 4 is 5.69 Å². The first-order valence-electron chi connectivity index (χ1n) is 7.00. The molecule has 1 aromatic heterocycles. The van der Waals surface area contributed by atoms with Crippen LogP contribution < -0.4 is 5.32 Å². The number of hydrogen-bond acceptors (Lipinski definition) is 3. The summed E-state index contributed by atoms with van der Waals surface area (Å²) in [7, 11) is 0. The van der Waals surface area contributed by atoms with Crippen molar-refractivity contribution in [3.05, 3.63) is 77.9 Å². The first-order chi connectivity index (χ1) is 10.3. The van der Waals surface area contributed by atoms with Crippen LogP contribution in [0.3, 0.4) is 0 Å². The summed E-state index contributed by atoms with van der Waals surface area (Å²) in [6.07, 6.45) is 3.28. The first-order valence-corrected chi connectivity index (χ1v) is 7.00. The summed E-state index contributed by atoms with van der Waals surface area (Å²) < 4.78 is 1.81. The highest BCUT2D eigenvalue weighted by molar-refractivity contribution is 5.45. The van der Waals surface area contributed by atoms with Gasteiger partial charge in [0.25, 0.3) is 0 Å². The maximum Gasteiger partial charge on any atom is 0.137 e. The number of anilines is 1. The van der Waals surface area contributed by atoms with Crippen molar-refractivity contribution in [3.63, 3.8) is 0 Å². The van der Waals surface area contributed by atoms with E-state index in [2.05, 4.69) is 70.9 Å². The van der Waals surface area contributed by atoms with Crippen LogP contribution in [0.2, 0.25) is 0 Å². The van der Waals surface area contributed by atoms with Gasteiger partial charge in [-0.25, -0.2) is 9.67 Å². The zero-order chi connectivity index (χ0) is 14.5. The zero-order valence-corrected chi connectivity index (χ0v) is 12.0. The molecular weight excluding hydrogens is 260 g/mol. The standard InChI is InChI=1S/C17H18N4/c1-14-3-2-4-16(9-14)10-19-17-7-5-15(6-8-17)11-21-13-18-12-20-21/h2-9,12-13,19H,10-11H2,1H3. The van der Waals surface area contributed by atoms with Crippen LogP contribution in [0, 0.1) is 6.92 Å². The molecule has 0 aliphatic rings. The highest BCUT2D eigenvalue weighted by atomic mass is 15.3. The molecule has 0 bridgehead atoms. The Kier molecular flexibility index (Phi) is 3.96. The van der Waals surface area contributed by atoms with E-state index in [1.54, 1.807) is 12.7 Å². The van der Waals surface area contributed by atoms with Gasteiger partial charge in [-0.2, -0.15) is 5.10 Å². The van der Waals surface area contributed by atoms with Crippen LogP contribution in [0.4, 0.5) is 5.69 Å². The maximum absolute atomic E-state index is 4.11. The second-order valence-corrected chi connectivity index (χ2v) is 5.13. The quantitative estimate of drug-likeness (QED) is 0.779. The van der Waals surface area contributed by atoms with E-state index >= 15 is 0 Å². The molecule has 0 amide bonds. The largest absolute Gasteiger partial charge is 0.381 e. The van der Waals surface area contributed by atoms with Gasteiger partial charge >= 0.3 is 0 Å². The number of aryl methyl sites for hydroxylation is 1. The molecule has 1 heterocycles. The molecule has 0 aliphatic heterocycles. The van der Waals surface area contributed by atoms with Gasteiger partial charge in [-0.15, -0.1) is 0 Å². The Bertz CT molecular complexity index is 687. The predicted molar refractivity (Wildman–Crippen MR) is 84.1 cm³/mol. The molecule has 0 saturated heterocycles. The van der Waals surface area contributed by atoms with Gasteiger partial charge in [0.1, 0.15) is 12.7 Å². The van der Waals surface area contributed by atoms with E-state index < -0.39 is 0 Å². The van der Waals surface area contributed by atoms with Crippen LogP contribution in [-0.2, 0) is 13.1 Å². The topological polar surface area (TPSA) is 42.7 Å². The van der Waals surface area contributed by atoms with E-state index in [4.69, 9.17) is 0 Å². The Labute approximate surface area is 124 Å². The van der Waals surface area contributed by atoms with Crippen molar-refractivity contribution in [1.29, 1.82) is 0 Å². The van der Waals surface area contributed by atoms with Gasteiger partial charge in [0, 0.05) is 12.2 Å². The molecule has 3 aromatic rings. The van der Waals surface area contributed by atoms with Crippen LogP contribution in [0.15, 0.2) is 61.2 Å². The molecule has 0 radical (unpaired) electrons. The van der Waals surface area contributed by atoms with Gasteiger partial charge in [0.05, 0.1) is 6.54 Å². The van der Waals surface area contributed by atoms with Crippen molar-refractivity contribution in [1.82, 2.24) is 14.8 Å². The smallest absolute Gasteiger partial charge is 0.137 e. The number of aromatic nitrogens is 3. The number of nitrogens with one attached hydrogen (secondary N) is 1. The van der Waals surface area contributed by atoms with Crippen molar-refractivity contribution in [3.8, 4) is 0 Å². The monoisotopic (exact) mass is 278 g/mol. The lowest BCUT2D eigenvalue weighted by atomic mass is 10.1. The third kappa shape index (κ3) is 3.69. The molecule has 0 fully saturated rings. The molecule has 1 N–H and O–H groups in total. The summed E-state index contributed by atoms with van der Waals surface area (Å²) in [5, 5.41) is 7.55. The third-order valence-corrected chi connectivity index (χ3v) is 3.34. The summed E-state index contributed by atoms with van der Waals surface area (Å²) in [4.78, 5) is 3.95. The Balaban J connectivity index is 1.59. The van der Waals surface area contributed by atoms with Crippen molar-refractivity contribution in [2.24, 2.45) is 0 Å². The van der Waals surface area contributed by atoms with E-state index in [0.29, 0.717) is 0 Å². The molecule has 106 valence electrons. The van der Waals surface area contributed by atoms with Gasteiger partial charge in [-0.05, 0) is 30.2 Å². The van der Waals surface area contributed by atoms with Gasteiger partial charge in [-0.3, -0.25) is 0 Å². The van der Waals surface area contributed by atoms with Crippen LogP contribution in [0.5, 0.6) is 0 Å². The lowest BCUT2D eigenvalue weighted by molar-refractivity contribution is 0.685. The minimum atomic E-state index is 0.748. The predicted octanol–water partition coefficient (Wildman–Crippen LogP) is 3.25. The summed E-state index contributed by atoms with van der Waals surface area (Å²) >= 11 is 0. The minimum absolute atomic E-state index is 0.748. The second kappa shape index (κ2) is 6.22. The van der Waals surface area contributed by atoms with Gasteiger partial charge in [0.15, 0.2) is 0 Å². The minimum Gasteiger partial charge on any atom is -0.381 e. The number of rotatable bonds is 5. The van der Waals surface area contributed by atoms with Crippen LogP contribution >= 0.6 is 0 Å². The van der Waals surface area contributed by atoms with Crippen molar-refractivity contribution < 1.29 is 0 Å². The molecule has 0 saturated carbocycles. The molecule has 0 aliphatic carbocycles. The summed E-state index contributed by atoms with van der Waals surface area (Å²) in [5.41, 5.74) is 4.92. The Hall–Kier alpha value is -2.62. The first kappa shape index (κ1) is 13.4. The van der Waals surface area contributed by atoms with E-state index in [1.807, 2.05) is 4.68 Å². The lowest BCUT2D eigenvalue weighted by Crippen LogP contribution is -2.02. The fraction of sp³-hybridized carbons (Fsp3) is 0.176. The molecule has 4 nitrogen and oxygen atoms in total. The molecule has 4 heteroatoms. The van der Waals surface area contributed by atoms with Crippen molar-refractivity contribution in [2.45, 2.75) is 20.0 Å².